The van der Waals surface area contributed by atoms with E-state index in [9.17, 15) is 5.26 Å². The van der Waals surface area contributed by atoms with Gasteiger partial charge in [0.05, 0.1) is 16.7 Å². The van der Waals surface area contributed by atoms with Crippen LogP contribution >= 0.6 is 11.6 Å². The summed E-state index contributed by atoms with van der Waals surface area (Å²) in [4.78, 5) is 0. The third kappa shape index (κ3) is 4.52. The van der Waals surface area contributed by atoms with Gasteiger partial charge in [-0.25, -0.2) is 0 Å². The van der Waals surface area contributed by atoms with Crippen molar-refractivity contribution in [3.8, 4) is 17.6 Å². The fourth-order valence-electron chi connectivity index (χ4n) is 2.83. The molecule has 0 aromatic heterocycles. The molecule has 2 rings (SSSR count). The lowest BCUT2D eigenvalue weighted by molar-refractivity contribution is 0.474. The van der Waals surface area contributed by atoms with Crippen molar-refractivity contribution in [3.05, 3.63) is 58.1 Å². The average Bonchev–Trinajstić information content (AvgIpc) is 2.61. The van der Waals surface area contributed by atoms with E-state index in [1.165, 1.54) is 19.3 Å². The van der Waals surface area contributed by atoms with Gasteiger partial charge in [0.25, 0.3) is 0 Å². The van der Waals surface area contributed by atoms with E-state index in [-0.39, 0.29) is 0 Å². The topological polar surface area (TPSA) is 33.0 Å². The zero-order valence-electron chi connectivity index (χ0n) is 14.4. The predicted molar refractivity (Wildman–Crippen MR) is 99.9 cm³/mol. The Labute approximate surface area is 150 Å². The minimum absolute atomic E-state index is 0.576. The first-order valence-corrected chi connectivity index (χ1v) is 9.06. The lowest BCUT2D eigenvalue weighted by atomic mass is 9.95. The molecule has 0 N–H and O–H groups in total. The van der Waals surface area contributed by atoms with Crippen molar-refractivity contribution < 1.29 is 4.74 Å². The zero-order valence-corrected chi connectivity index (χ0v) is 15.2. The molecule has 0 bridgehead atoms. The minimum Gasteiger partial charge on any atom is -0.455 e. The molecule has 0 radical (unpaired) electrons. The van der Waals surface area contributed by atoms with Crippen LogP contribution in [0, 0.1) is 11.3 Å². The van der Waals surface area contributed by atoms with Crippen molar-refractivity contribution in [3.63, 3.8) is 0 Å². The molecule has 0 spiro atoms. The van der Waals surface area contributed by atoms with Crippen molar-refractivity contribution >= 4 is 11.6 Å². The van der Waals surface area contributed by atoms with Crippen LogP contribution in [0.3, 0.4) is 0 Å². The molecule has 0 amide bonds. The predicted octanol–water partition coefficient (Wildman–Crippen LogP) is 6.69. The zero-order chi connectivity index (χ0) is 17.4. The van der Waals surface area contributed by atoms with Gasteiger partial charge in [-0.05, 0) is 43.0 Å². The number of nitrogens with zero attached hydrogens (tertiary/aromatic N) is 1. The Bertz CT molecular complexity index is 718. The molecule has 0 saturated carbocycles. The summed E-state index contributed by atoms with van der Waals surface area (Å²) < 4.78 is 6.06. The number of ether oxygens (including phenoxy) is 1. The van der Waals surface area contributed by atoms with Crippen LogP contribution in [0.1, 0.15) is 56.2 Å². The second kappa shape index (κ2) is 9.35. The molecule has 0 fully saturated rings. The number of aryl methyl sites for hydroxylation is 1. The summed E-state index contributed by atoms with van der Waals surface area (Å²) in [6.07, 6.45) is 6.35. The summed E-state index contributed by atoms with van der Waals surface area (Å²) >= 11 is 6.21. The van der Waals surface area contributed by atoms with Gasteiger partial charge in [0.15, 0.2) is 0 Å². The quantitative estimate of drug-likeness (QED) is 0.501. The van der Waals surface area contributed by atoms with Gasteiger partial charge in [0.1, 0.15) is 11.5 Å². The van der Waals surface area contributed by atoms with Gasteiger partial charge in [-0.1, -0.05) is 62.9 Å². The van der Waals surface area contributed by atoms with E-state index in [0.717, 1.165) is 41.7 Å². The van der Waals surface area contributed by atoms with E-state index < -0.39 is 0 Å². The van der Waals surface area contributed by atoms with Crippen LogP contribution in [0.15, 0.2) is 36.4 Å². The Hall–Kier alpha value is -1.98. The Morgan fingerprint density at radius 1 is 1.00 bits per heavy atom. The Kier molecular flexibility index (Phi) is 7.15. The highest BCUT2D eigenvalue weighted by atomic mass is 35.5. The molecular formula is C21H24ClNO. The van der Waals surface area contributed by atoms with Gasteiger partial charge in [0, 0.05) is 5.56 Å². The molecule has 0 atom stereocenters. The number of halogens is 1. The van der Waals surface area contributed by atoms with Crippen LogP contribution < -0.4 is 4.74 Å². The second-order valence-corrected chi connectivity index (χ2v) is 6.29. The lowest BCUT2D eigenvalue weighted by Gasteiger charge is -2.16. The number of benzene rings is 2. The highest BCUT2D eigenvalue weighted by molar-refractivity contribution is 6.32. The maximum Gasteiger partial charge on any atom is 0.146 e. The highest BCUT2D eigenvalue weighted by Gasteiger charge is 2.15. The van der Waals surface area contributed by atoms with Crippen molar-refractivity contribution in [2.75, 3.05) is 0 Å². The number of unbranched alkanes of at least 4 members (excludes halogenated alkanes) is 3. The molecule has 24 heavy (non-hydrogen) atoms. The summed E-state index contributed by atoms with van der Waals surface area (Å²) in [6.45, 7) is 4.27. The standard InChI is InChI=1S/C21H24ClNO/c1-3-5-6-7-10-17-18(15-23)16(4-2)13-14-20(17)24-21-12-9-8-11-19(21)22/h8-9,11-14H,3-7,10H2,1-2H3. The molecule has 0 aliphatic carbocycles. The number of nitriles is 1. The van der Waals surface area contributed by atoms with E-state index in [1.807, 2.05) is 36.4 Å². The third-order valence-electron chi connectivity index (χ3n) is 4.19. The summed E-state index contributed by atoms with van der Waals surface area (Å²) in [7, 11) is 0. The van der Waals surface area contributed by atoms with Crippen molar-refractivity contribution in [2.45, 2.75) is 52.4 Å². The molecule has 2 aromatic carbocycles. The third-order valence-corrected chi connectivity index (χ3v) is 4.50. The van der Waals surface area contributed by atoms with Crippen molar-refractivity contribution in [2.24, 2.45) is 0 Å². The molecular weight excluding hydrogens is 318 g/mol. The van der Waals surface area contributed by atoms with Crippen molar-refractivity contribution in [1.29, 1.82) is 5.26 Å². The molecule has 0 unspecified atom stereocenters. The first kappa shape index (κ1) is 18.4. The molecule has 3 heteroatoms. The van der Waals surface area contributed by atoms with E-state index >= 15 is 0 Å². The van der Waals surface area contributed by atoms with E-state index in [1.54, 1.807) is 0 Å². The largest absolute Gasteiger partial charge is 0.455 e. The number of hydrogen-bond acceptors (Lipinski definition) is 2. The van der Waals surface area contributed by atoms with Gasteiger partial charge in [-0.3, -0.25) is 0 Å². The summed E-state index contributed by atoms with van der Waals surface area (Å²) in [6, 6.07) is 13.8. The molecule has 2 aromatic rings. The van der Waals surface area contributed by atoms with Gasteiger partial charge < -0.3 is 4.74 Å². The van der Waals surface area contributed by atoms with Gasteiger partial charge in [-0.2, -0.15) is 5.26 Å². The van der Waals surface area contributed by atoms with E-state index in [2.05, 4.69) is 19.9 Å². The van der Waals surface area contributed by atoms with Crippen LogP contribution in [-0.2, 0) is 12.8 Å². The Morgan fingerprint density at radius 2 is 1.79 bits per heavy atom. The molecule has 126 valence electrons. The molecule has 0 aliphatic heterocycles. The average molecular weight is 342 g/mol. The first-order chi connectivity index (χ1) is 11.7. The monoisotopic (exact) mass is 341 g/mol. The minimum atomic E-state index is 0.576. The SMILES string of the molecule is CCCCCCc1c(Oc2ccccc2Cl)ccc(CC)c1C#N. The highest BCUT2D eigenvalue weighted by Crippen LogP contribution is 2.34. The lowest BCUT2D eigenvalue weighted by Crippen LogP contribution is -2.00. The normalized spacial score (nSPS) is 10.4. The summed E-state index contributed by atoms with van der Waals surface area (Å²) in [5, 5.41) is 10.2. The maximum atomic E-state index is 9.65. The number of rotatable bonds is 8. The van der Waals surface area contributed by atoms with Gasteiger partial charge in [-0.15, -0.1) is 0 Å². The van der Waals surface area contributed by atoms with E-state index in [0.29, 0.717) is 10.8 Å². The van der Waals surface area contributed by atoms with Gasteiger partial charge >= 0.3 is 0 Å². The van der Waals surface area contributed by atoms with Crippen molar-refractivity contribution in [1.82, 2.24) is 0 Å². The fraction of sp³-hybridized carbons (Fsp3) is 0.381. The second-order valence-electron chi connectivity index (χ2n) is 5.88. The molecule has 2 nitrogen and oxygen atoms in total. The van der Waals surface area contributed by atoms with Crippen LogP contribution in [0.25, 0.3) is 0 Å². The van der Waals surface area contributed by atoms with Crippen LogP contribution in [-0.4, -0.2) is 0 Å². The van der Waals surface area contributed by atoms with Gasteiger partial charge in [0.2, 0.25) is 0 Å². The number of para-hydroxylation sites is 1. The fourth-order valence-corrected chi connectivity index (χ4v) is 3.00. The summed E-state index contributed by atoms with van der Waals surface area (Å²) in [5.74, 6) is 1.37. The van der Waals surface area contributed by atoms with Crippen LogP contribution in [0.4, 0.5) is 0 Å². The molecule has 0 heterocycles. The molecule has 0 saturated heterocycles. The first-order valence-electron chi connectivity index (χ1n) is 8.68. The Morgan fingerprint density at radius 3 is 2.46 bits per heavy atom. The number of hydrogen-bond donors (Lipinski definition) is 0. The summed E-state index contributed by atoms with van der Waals surface area (Å²) in [5.41, 5.74) is 2.85. The smallest absolute Gasteiger partial charge is 0.146 e. The van der Waals surface area contributed by atoms with Crippen LogP contribution in [0.2, 0.25) is 5.02 Å². The maximum absolute atomic E-state index is 9.65. The van der Waals surface area contributed by atoms with E-state index in [4.69, 9.17) is 16.3 Å². The Balaban J connectivity index is 2.35. The molecule has 0 aliphatic rings. The van der Waals surface area contributed by atoms with Crippen LogP contribution in [0.5, 0.6) is 11.5 Å².